The van der Waals surface area contributed by atoms with Gasteiger partial charge in [0.15, 0.2) is 0 Å². The van der Waals surface area contributed by atoms with Crippen LogP contribution in [-0.2, 0) is 0 Å². The molecule has 0 heterocycles. The number of hydrogen-bond acceptors (Lipinski definition) is 0. The molecule has 0 aromatic heterocycles. The maximum Gasteiger partial charge on any atom is -0.0127 e. The van der Waals surface area contributed by atoms with Crippen LogP contribution in [0.1, 0.15) is 53.9 Å². The summed E-state index contributed by atoms with van der Waals surface area (Å²) in [5.41, 5.74) is 2.68. The summed E-state index contributed by atoms with van der Waals surface area (Å²) in [6, 6.07) is 0. The highest BCUT2D eigenvalue weighted by Gasteiger charge is 3.23. The molecule has 0 nitrogen and oxygen atoms in total. The van der Waals surface area contributed by atoms with Gasteiger partial charge in [-0.1, -0.05) is 53.9 Å². The summed E-state index contributed by atoms with van der Waals surface area (Å²) in [4.78, 5) is 0. The molecule has 8 atom stereocenters. The van der Waals surface area contributed by atoms with Crippen molar-refractivity contribution in [3.63, 3.8) is 0 Å². The average molecular weight is 218 g/mol. The van der Waals surface area contributed by atoms with Crippen LogP contribution in [0, 0.1) is 45.8 Å². The van der Waals surface area contributed by atoms with Crippen molar-refractivity contribution in [2.45, 2.75) is 53.9 Å². The van der Waals surface area contributed by atoms with E-state index in [-0.39, 0.29) is 0 Å². The van der Waals surface area contributed by atoms with E-state index < -0.39 is 0 Å². The zero-order valence-corrected chi connectivity index (χ0v) is 11.5. The van der Waals surface area contributed by atoms with Gasteiger partial charge in [-0.2, -0.15) is 0 Å². The lowest BCUT2D eigenvalue weighted by Crippen LogP contribution is -2.46. The van der Waals surface area contributed by atoms with Crippen molar-refractivity contribution < 1.29 is 0 Å². The highest BCUT2D eigenvalue weighted by Crippen LogP contribution is 3.25. The minimum absolute atomic E-state index is 0.857. The van der Waals surface area contributed by atoms with E-state index in [0.29, 0.717) is 0 Å². The zero-order chi connectivity index (χ0) is 11.5. The molecule has 0 amide bonds. The third kappa shape index (κ3) is 0.512. The van der Waals surface area contributed by atoms with Gasteiger partial charge >= 0.3 is 0 Å². The second kappa shape index (κ2) is 2.27. The topological polar surface area (TPSA) is 0 Å². The highest BCUT2D eigenvalue weighted by atomic mass is 15.3. The maximum atomic E-state index is 2.63. The zero-order valence-electron chi connectivity index (χ0n) is 11.5. The molecular formula is C16H26. The molecule has 5 fully saturated rings. The van der Waals surface area contributed by atoms with Crippen LogP contribution in [0.15, 0.2) is 0 Å². The van der Waals surface area contributed by atoms with Crippen LogP contribution < -0.4 is 0 Å². The monoisotopic (exact) mass is 218 g/mol. The molecule has 16 heavy (non-hydrogen) atoms. The van der Waals surface area contributed by atoms with Crippen LogP contribution in [0.25, 0.3) is 0 Å². The van der Waals surface area contributed by atoms with E-state index in [0.717, 1.165) is 34.0 Å². The molecule has 90 valence electrons. The van der Waals surface area contributed by atoms with Gasteiger partial charge in [0.05, 0.1) is 0 Å². The van der Waals surface area contributed by atoms with E-state index >= 15 is 0 Å². The summed E-state index contributed by atoms with van der Waals surface area (Å²) in [6.45, 7) is 12.4. The first-order valence-electron chi connectivity index (χ1n) is 7.61. The Morgan fingerprint density at radius 1 is 1.12 bits per heavy atom. The van der Waals surface area contributed by atoms with Crippen molar-refractivity contribution >= 4 is 0 Å². The van der Waals surface area contributed by atoms with E-state index in [1.54, 1.807) is 0 Å². The van der Waals surface area contributed by atoms with Gasteiger partial charge in [-0.25, -0.2) is 0 Å². The quantitative estimate of drug-likeness (QED) is 0.643. The van der Waals surface area contributed by atoms with E-state index in [4.69, 9.17) is 0 Å². The highest BCUT2D eigenvalue weighted by molar-refractivity contribution is 5.68. The molecule has 1 spiro atoms. The van der Waals surface area contributed by atoms with Crippen molar-refractivity contribution in [1.82, 2.24) is 0 Å². The molecule has 0 heteroatoms. The molecular weight excluding hydrogens is 192 g/mol. The molecule has 0 aliphatic heterocycles. The standard InChI is InChI=1S/C16H26/c1-6-9(4)10(7-2)15-12-11(8-3)16(12)13(15)14(15,16)5/h9-13H,6-8H2,1-5H3. The molecule has 5 aliphatic carbocycles. The second-order valence-corrected chi connectivity index (χ2v) is 7.39. The molecule has 5 rings (SSSR count). The van der Waals surface area contributed by atoms with Crippen LogP contribution in [-0.4, -0.2) is 0 Å². The smallest absolute Gasteiger partial charge is 0.0127 e. The van der Waals surface area contributed by atoms with Gasteiger partial charge in [-0.05, 0) is 45.8 Å². The largest absolute Gasteiger partial charge is 0.0651 e. The molecule has 5 saturated carbocycles. The Bertz CT molecular complexity index is 372. The lowest BCUT2D eigenvalue weighted by atomic mass is 9.54. The fourth-order valence-electron chi connectivity index (χ4n) is 7.58. The summed E-state index contributed by atoms with van der Waals surface area (Å²) in [7, 11) is 0. The molecule has 0 N–H and O–H groups in total. The lowest BCUT2D eigenvalue weighted by Gasteiger charge is -2.50. The Kier molecular flexibility index (Phi) is 1.41. The second-order valence-electron chi connectivity index (χ2n) is 7.39. The first-order valence-corrected chi connectivity index (χ1v) is 7.61. The van der Waals surface area contributed by atoms with Gasteiger partial charge in [-0.15, -0.1) is 0 Å². The van der Waals surface area contributed by atoms with Crippen molar-refractivity contribution in [3.05, 3.63) is 0 Å². The van der Waals surface area contributed by atoms with Crippen molar-refractivity contribution in [1.29, 1.82) is 0 Å². The molecule has 5 aliphatic rings. The van der Waals surface area contributed by atoms with Crippen molar-refractivity contribution in [2.24, 2.45) is 45.8 Å². The van der Waals surface area contributed by atoms with Crippen LogP contribution >= 0.6 is 0 Å². The minimum atomic E-state index is 0.857. The van der Waals surface area contributed by atoms with Gasteiger partial charge < -0.3 is 0 Å². The van der Waals surface area contributed by atoms with Gasteiger partial charge in [0.25, 0.3) is 0 Å². The van der Waals surface area contributed by atoms with E-state index in [2.05, 4.69) is 34.6 Å². The lowest BCUT2D eigenvalue weighted by molar-refractivity contribution is -0.0342. The summed E-state index contributed by atoms with van der Waals surface area (Å²) in [6.07, 6.45) is 4.29. The molecule has 0 aromatic rings. The van der Waals surface area contributed by atoms with Crippen LogP contribution in [0.3, 0.4) is 0 Å². The van der Waals surface area contributed by atoms with Gasteiger partial charge in [0.2, 0.25) is 0 Å². The van der Waals surface area contributed by atoms with Gasteiger partial charge in [0, 0.05) is 0 Å². The van der Waals surface area contributed by atoms with Gasteiger partial charge in [0.1, 0.15) is 0 Å². The Labute approximate surface area is 100 Å². The van der Waals surface area contributed by atoms with Crippen molar-refractivity contribution in [2.75, 3.05) is 0 Å². The third-order valence-corrected chi connectivity index (χ3v) is 7.93. The van der Waals surface area contributed by atoms with Crippen LogP contribution in [0.4, 0.5) is 0 Å². The Morgan fingerprint density at radius 2 is 1.75 bits per heavy atom. The van der Waals surface area contributed by atoms with E-state index in [1.807, 2.05) is 0 Å². The summed E-state index contributed by atoms with van der Waals surface area (Å²) >= 11 is 0. The maximum absolute atomic E-state index is 2.63. The molecule has 0 saturated heterocycles. The predicted octanol–water partition coefficient (Wildman–Crippen LogP) is 4.35. The fraction of sp³-hybridized carbons (Fsp3) is 1.00. The molecule has 2 bridgehead atoms. The Hall–Kier alpha value is 0. The normalized spacial score (nSPS) is 66.2. The molecule has 0 aromatic carbocycles. The summed E-state index contributed by atoms with van der Waals surface area (Å²) in [5.74, 6) is 5.56. The Morgan fingerprint density at radius 3 is 2.12 bits per heavy atom. The summed E-state index contributed by atoms with van der Waals surface area (Å²) < 4.78 is 0. The van der Waals surface area contributed by atoms with Crippen LogP contribution in [0.2, 0.25) is 0 Å². The van der Waals surface area contributed by atoms with Crippen molar-refractivity contribution in [3.8, 4) is 0 Å². The fourth-order valence-corrected chi connectivity index (χ4v) is 7.58. The number of hydrogen-bond donors (Lipinski definition) is 0. The minimum Gasteiger partial charge on any atom is -0.0651 e. The predicted molar refractivity (Wildman–Crippen MR) is 67.0 cm³/mol. The first kappa shape index (κ1) is 9.97. The molecule has 0 radical (unpaired) electrons. The number of rotatable bonds is 5. The van der Waals surface area contributed by atoms with Crippen LogP contribution in [0.5, 0.6) is 0 Å². The molecule has 8 unspecified atom stereocenters. The van der Waals surface area contributed by atoms with E-state index in [9.17, 15) is 0 Å². The third-order valence-electron chi connectivity index (χ3n) is 7.93. The average Bonchev–Trinajstić information content (AvgIpc) is 3.13. The Balaban J connectivity index is 1.63. The van der Waals surface area contributed by atoms with Gasteiger partial charge in [-0.3, -0.25) is 0 Å². The first-order chi connectivity index (χ1) is 7.61. The van der Waals surface area contributed by atoms with E-state index in [1.165, 1.54) is 31.1 Å². The summed E-state index contributed by atoms with van der Waals surface area (Å²) in [5, 5.41) is 0. The SMILES string of the molecule is CCC(C)C(CC)C12C3C(CC)C34C1C24C.